The second kappa shape index (κ2) is 8.25. The molecule has 0 saturated carbocycles. The average molecular weight is 353 g/mol. The number of halogens is 3. The van der Waals surface area contributed by atoms with Crippen molar-refractivity contribution in [3.8, 4) is 11.5 Å². The molecule has 2 aromatic rings. The van der Waals surface area contributed by atoms with E-state index in [1.54, 1.807) is 6.07 Å². The summed E-state index contributed by atoms with van der Waals surface area (Å²) < 4.78 is 48.9. The molecule has 1 unspecified atom stereocenters. The Bertz CT molecular complexity index is 684. The monoisotopic (exact) mass is 353 g/mol. The summed E-state index contributed by atoms with van der Waals surface area (Å²) in [5, 5.41) is 0. The Balaban J connectivity index is 2.14. The third kappa shape index (κ3) is 5.13. The van der Waals surface area contributed by atoms with Crippen molar-refractivity contribution >= 4 is 0 Å². The lowest BCUT2D eigenvalue weighted by atomic mass is 9.98. The van der Waals surface area contributed by atoms with Gasteiger partial charge in [0, 0.05) is 6.04 Å². The van der Waals surface area contributed by atoms with Crippen molar-refractivity contribution in [1.82, 2.24) is 0 Å². The second-order valence-corrected chi connectivity index (χ2v) is 5.58. The number of rotatable bonds is 7. The molecule has 0 fully saturated rings. The highest BCUT2D eigenvalue weighted by molar-refractivity contribution is 5.44. The lowest BCUT2D eigenvalue weighted by molar-refractivity contribution is -0.137. The van der Waals surface area contributed by atoms with E-state index in [-0.39, 0.29) is 6.04 Å². The van der Waals surface area contributed by atoms with E-state index in [0.29, 0.717) is 31.1 Å². The zero-order valence-electron chi connectivity index (χ0n) is 14.3. The molecule has 0 aromatic heterocycles. The smallest absolute Gasteiger partial charge is 0.416 e. The van der Waals surface area contributed by atoms with Gasteiger partial charge in [0.1, 0.15) is 0 Å². The van der Waals surface area contributed by atoms with Crippen LogP contribution in [0.15, 0.2) is 42.5 Å². The first-order chi connectivity index (χ1) is 11.8. The van der Waals surface area contributed by atoms with Crippen molar-refractivity contribution in [2.24, 2.45) is 5.73 Å². The molecule has 0 bridgehead atoms. The summed E-state index contributed by atoms with van der Waals surface area (Å²) in [6.45, 7) is 4.79. The normalized spacial score (nSPS) is 12.7. The number of hydrogen-bond acceptors (Lipinski definition) is 3. The van der Waals surface area contributed by atoms with Gasteiger partial charge in [-0.1, -0.05) is 18.2 Å². The third-order valence-electron chi connectivity index (χ3n) is 3.73. The summed E-state index contributed by atoms with van der Waals surface area (Å²) in [6.07, 6.45) is -3.90. The van der Waals surface area contributed by atoms with Gasteiger partial charge in [0.15, 0.2) is 11.5 Å². The van der Waals surface area contributed by atoms with E-state index in [2.05, 4.69) is 0 Å². The highest BCUT2D eigenvalue weighted by Crippen LogP contribution is 2.32. The van der Waals surface area contributed by atoms with Crippen molar-refractivity contribution in [2.45, 2.75) is 32.5 Å². The largest absolute Gasteiger partial charge is 0.490 e. The summed E-state index contributed by atoms with van der Waals surface area (Å²) in [6, 6.07) is 10.2. The first-order valence-electron chi connectivity index (χ1n) is 8.16. The zero-order valence-corrected chi connectivity index (χ0v) is 14.3. The Hall–Kier alpha value is -2.21. The number of hydrogen-bond donors (Lipinski definition) is 1. The van der Waals surface area contributed by atoms with Crippen LogP contribution in [0.2, 0.25) is 0 Å². The van der Waals surface area contributed by atoms with Crippen molar-refractivity contribution in [3.05, 3.63) is 59.2 Å². The van der Waals surface area contributed by atoms with Gasteiger partial charge in [-0.3, -0.25) is 0 Å². The van der Waals surface area contributed by atoms with E-state index in [1.807, 2.05) is 26.0 Å². The SMILES string of the molecule is CCOc1ccc(C(N)Cc2ccc(C(F)(F)F)cc2)cc1OCC. The molecule has 2 N–H and O–H groups in total. The summed E-state index contributed by atoms with van der Waals surface area (Å²) in [7, 11) is 0. The molecule has 2 aromatic carbocycles. The van der Waals surface area contributed by atoms with E-state index >= 15 is 0 Å². The fourth-order valence-electron chi connectivity index (χ4n) is 2.50. The third-order valence-corrected chi connectivity index (χ3v) is 3.73. The van der Waals surface area contributed by atoms with Gasteiger partial charge in [0.05, 0.1) is 18.8 Å². The quantitative estimate of drug-likeness (QED) is 0.781. The maximum absolute atomic E-state index is 12.6. The van der Waals surface area contributed by atoms with Crippen molar-refractivity contribution in [2.75, 3.05) is 13.2 Å². The van der Waals surface area contributed by atoms with Gasteiger partial charge in [0.2, 0.25) is 0 Å². The van der Waals surface area contributed by atoms with Gasteiger partial charge in [-0.2, -0.15) is 13.2 Å². The van der Waals surface area contributed by atoms with Crippen LogP contribution in [-0.2, 0) is 12.6 Å². The fraction of sp³-hybridized carbons (Fsp3) is 0.368. The topological polar surface area (TPSA) is 44.5 Å². The lowest BCUT2D eigenvalue weighted by Gasteiger charge is -2.17. The van der Waals surface area contributed by atoms with Crippen LogP contribution in [0, 0.1) is 0 Å². The van der Waals surface area contributed by atoms with Gasteiger partial charge >= 0.3 is 6.18 Å². The first-order valence-corrected chi connectivity index (χ1v) is 8.16. The molecule has 0 radical (unpaired) electrons. The highest BCUT2D eigenvalue weighted by atomic mass is 19.4. The summed E-state index contributed by atoms with van der Waals surface area (Å²) in [5.41, 5.74) is 7.14. The Labute approximate surface area is 145 Å². The standard InChI is InChI=1S/C19H22F3NO2/c1-3-24-17-10-7-14(12-18(17)25-4-2)16(23)11-13-5-8-15(9-6-13)19(20,21)22/h5-10,12,16H,3-4,11,23H2,1-2H3. The Kier molecular flexibility index (Phi) is 6.31. The molecule has 136 valence electrons. The maximum Gasteiger partial charge on any atom is 0.416 e. The van der Waals surface area contributed by atoms with E-state index in [9.17, 15) is 13.2 Å². The van der Waals surface area contributed by atoms with Gasteiger partial charge in [-0.15, -0.1) is 0 Å². The number of ether oxygens (including phenoxy) is 2. The van der Waals surface area contributed by atoms with Gasteiger partial charge in [0.25, 0.3) is 0 Å². The molecule has 0 aliphatic carbocycles. The van der Waals surface area contributed by atoms with Crippen LogP contribution in [0.25, 0.3) is 0 Å². The molecule has 6 heteroatoms. The number of nitrogens with two attached hydrogens (primary N) is 1. The predicted molar refractivity (Wildman–Crippen MR) is 90.9 cm³/mol. The molecule has 0 spiro atoms. The van der Waals surface area contributed by atoms with Gasteiger partial charge < -0.3 is 15.2 Å². The molecule has 0 aliphatic heterocycles. The summed E-state index contributed by atoms with van der Waals surface area (Å²) in [5.74, 6) is 1.26. The van der Waals surface area contributed by atoms with Crippen LogP contribution in [0.3, 0.4) is 0 Å². The minimum Gasteiger partial charge on any atom is -0.490 e. The van der Waals surface area contributed by atoms with Crippen LogP contribution in [0.1, 0.15) is 36.6 Å². The molecule has 3 nitrogen and oxygen atoms in total. The molecule has 2 rings (SSSR count). The van der Waals surface area contributed by atoms with Crippen LogP contribution >= 0.6 is 0 Å². The molecule has 1 atom stereocenters. The predicted octanol–water partition coefficient (Wildman–Crippen LogP) is 4.75. The molecule has 0 saturated heterocycles. The molecular weight excluding hydrogens is 331 g/mol. The van der Waals surface area contributed by atoms with E-state index in [4.69, 9.17) is 15.2 Å². The van der Waals surface area contributed by atoms with Gasteiger partial charge in [-0.25, -0.2) is 0 Å². The average Bonchev–Trinajstić information content (AvgIpc) is 2.56. The van der Waals surface area contributed by atoms with E-state index in [0.717, 1.165) is 23.3 Å². The molecule has 0 heterocycles. The summed E-state index contributed by atoms with van der Waals surface area (Å²) >= 11 is 0. The zero-order chi connectivity index (χ0) is 18.4. The van der Waals surface area contributed by atoms with Crippen molar-refractivity contribution in [1.29, 1.82) is 0 Å². The molecule has 25 heavy (non-hydrogen) atoms. The first kappa shape index (κ1) is 19.1. The van der Waals surface area contributed by atoms with Crippen molar-refractivity contribution in [3.63, 3.8) is 0 Å². The molecular formula is C19H22F3NO2. The Morgan fingerprint density at radius 1 is 0.920 bits per heavy atom. The number of benzene rings is 2. The fourth-order valence-corrected chi connectivity index (χ4v) is 2.50. The number of alkyl halides is 3. The minimum atomic E-state index is -4.33. The highest BCUT2D eigenvalue weighted by Gasteiger charge is 2.30. The van der Waals surface area contributed by atoms with Crippen molar-refractivity contribution < 1.29 is 22.6 Å². The molecule has 0 aliphatic rings. The van der Waals surface area contributed by atoms with E-state index in [1.165, 1.54) is 12.1 Å². The lowest BCUT2D eigenvalue weighted by Crippen LogP contribution is -2.14. The van der Waals surface area contributed by atoms with Crippen LogP contribution < -0.4 is 15.2 Å². The van der Waals surface area contributed by atoms with Gasteiger partial charge in [-0.05, 0) is 55.7 Å². The second-order valence-electron chi connectivity index (χ2n) is 5.58. The summed E-state index contributed by atoms with van der Waals surface area (Å²) in [4.78, 5) is 0. The van der Waals surface area contributed by atoms with Crippen LogP contribution in [0.4, 0.5) is 13.2 Å². The minimum absolute atomic E-state index is 0.355. The van der Waals surface area contributed by atoms with E-state index < -0.39 is 11.7 Å². The Morgan fingerprint density at radius 2 is 1.52 bits per heavy atom. The molecule has 0 amide bonds. The Morgan fingerprint density at radius 3 is 2.08 bits per heavy atom. The van der Waals surface area contributed by atoms with Crippen LogP contribution in [-0.4, -0.2) is 13.2 Å². The van der Waals surface area contributed by atoms with Crippen LogP contribution in [0.5, 0.6) is 11.5 Å². The maximum atomic E-state index is 12.6.